The molecule has 0 aromatic carbocycles. The minimum Gasteiger partial charge on any atom is -0.492 e. The van der Waals surface area contributed by atoms with Crippen molar-refractivity contribution in [3.63, 3.8) is 0 Å². The molecule has 86 valence electrons. The van der Waals surface area contributed by atoms with Crippen molar-refractivity contribution >= 4 is 5.78 Å². The van der Waals surface area contributed by atoms with Crippen LogP contribution in [0.2, 0.25) is 0 Å². The second-order valence-electron chi connectivity index (χ2n) is 3.34. The van der Waals surface area contributed by atoms with Crippen LogP contribution in [0.3, 0.4) is 0 Å². The molecule has 0 aliphatic carbocycles. The highest BCUT2D eigenvalue weighted by atomic mass is 16.5. The summed E-state index contributed by atoms with van der Waals surface area (Å²) in [6.45, 7) is 5.96. The number of ketones is 1. The van der Waals surface area contributed by atoms with Crippen molar-refractivity contribution in [3.05, 3.63) is 36.7 Å². The molecule has 0 aliphatic rings. The molecule has 0 radical (unpaired) electrons. The van der Waals surface area contributed by atoms with Gasteiger partial charge in [0.05, 0.1) is 18.8 Å². The smallest absolute Gasteiger partial charge is 0.181 e. The molecular formula is C12H16N2O2. The second kappa shape index (κ2) is 6.02. The van der Waals surface area contributed by atoms with E-state index in [1.807, 2.05) is 6.92 Å². The Morgan fingerprint density at radius 2 is 2.44 bits per heavy atom. The summed E-state index contributed by atoms with van der Waals surface area (Å²) in [5.41, 5.74) is 6.17. The van der Waals surface area contributed by atoms with Crippen LogP contribution in [-0.4, -0.2) is 23.4 Å². The number of carbonyl (C=O) groups excluding carboxylic acids is 1. The Morgan fingerprint density at radius 3 is 3.06 bits per heavy atom. The summed E-state index contributed by atoms with van der Waals surface area (Å²) in [5, 5.41) is 0. The average molecular weight is 220 g/mol. The minimum atomic E-state index is -0.559. The molecule has 0 bridgehead atoms. The number of carbonyl (C=O) groups is 1. The van der Waals surface area contributed by atoms with E-state index in [4.69, 9.17) is 10.5 Å². The van der Waals surface area contributed by atoms with E-state index in [9.17, 15) is 4.79 Å². The van der Waals surface area contributed by atoms with Gasteiger partial charge >= 0.3 is 0 Å². The predicted molar refractivity (Wildman–Crippen MR) is 62.5 cm³/mol. The van der Waals surface area contributed by atoms with Crippen molar-refractivity contribution in [3.8, 4) is 5.75 Å². The van der Waals surface area contributed by atoms with Crippen LogP contribution < -0.4 is 10.5 Å². The Balaban J connectivity index is 2.82. The lowest BCUT2D eigenvalue weighted by Gasteiger charge is -2.09. The number of hydrogen-bond acceptors (Lipinski definition) is 4. The molecule has 0 fully saturated rings. The molecule has 1 rings (SSSR count). The maximum absolute atomic E-state index is 11.8. The third-order valence-corrected chi connectivity index (χ3v) is 2.07. The van der Waals surface area contributed by atoms with Crippen LogP contribution >= 0.6 is 0 Å². The van der Waals surface area contributed by atoms with Gasteiger partial charge < -0.3 is 10.5 Å². The summed E-state index contributed by atoms with van der Waals surface area (Å²) in [7, 11) is 0. The van der Waals surface area contributed by atoms with Gasteiger partial charge in [0.15, 0.2) is 5.78 Å². The van der Waals surface area contributed by atoms with Crippen LogP contribution in [0, 0.1) is 0 Å². The van der Waals surface area contributed by atoms with Crippen molar-refractivity contribution in [1.82, 2.24) is 4.98 Å². The van der Waals surface area contributed by atoms with Gasteiger partial charge in [0.25, 0.3) is 0 Å². The Kier molecular flexibility index (Phi) is 4.66. The third kappa shape index (κ3) is 3.17. The van der Waals surface area contributed by atoms with Crippen molar-refractivity contribution in [2.45, 2.75) is 19.4 Å². The summed E-state index contributed by atoms with van der Waals surface area (Å²) < 4.78 is 5.26. The molecular weight excluding hydrogens is 204 g/mol. The van der Waals surface area contributed by atoms with Crippen molar-refractivity contribution < 1.29 is 9.53 Å². The summed E-state index contributed by atoms with van der Waals surface area (Å²) in [5.74, 6) is 0.438. The highest BCUT2D eigenvalue weighted by Crippen LogP contribution is 2.13. The largest absolute Gasteiger partial charge is 0.492 e. The fourth-order valence-electron chi connectivity index (χ4n) is 1.30. The van der Waals surface area contributed by atoms with Gasteiger partial charge in [-0.1, -0.05) is 6.08 Å². The van der Waals surface area contributed by atoms with Gasteiger partial charge in [-0.05, 0) is 19.4 Å². The summed E-state index contributed by atoms with van der Waals surface area (Å²) >= 11 is 0. The lowest BCUT2D eigenvalue weighted by Crippen LogP contribution is -2.29. The highest BCUT2D eigenvalue weighted by molar-refractivity contribution is 6.00. The third-order valence-electron chi connectivity index (χ3n) is 2.07. The van der Waals surface area contributed by atoms with E-state index in [0.29, 0.717) is 24.3 Å². The molecule has 1 aromatic rings. The molecule has 4 heteroatoms. The van der Waals surface area contributed by atoms with E-state index in [-0.39, 0.29) is 5.78 Å². The lowest BCUT2D eigenvalue weighted by molar-refractivity contribution is 0.0961. The first-order valence-corrected chi connectivity index (χ1v) is 5.17. The number of pyridine rings is 1. The molecule has 0 saturated carbocycles. The van der Waals surface area contributed by atoms with Crippen LogP contribution in [0.1, 0.15) is 23.7 Å². The molecule has 1 unspecified atom stereocenters. The molecule has 1 heterocycles. The van der Waals surface area contributed by atoms with Crippen LogP contribution in [0.15, 0.2) is 31.1 Å². The van der Waals surface area contributed by atoms with Gasteiger partial charge in [-0.25, -0.2) is 0 Å². The standard InChI is InChI=1S/C12H16N2O2/c1-3-5-11(13)12(15)9-6-10(16-4-2)8-14-7-9/h3,6-8,11H,1,4-5,13H2,2H3. The fraction of sp³-hybridized carbons (Fsp3) is 0.333. The van der Waals surface area contributed by atoms with Gasteiger partial charge in [0.2, 0.25) is 0 Å². The zero-order valence-corrected chi connectivity index (χ0v) is 9.35. The van der Waals surface area contributed by atoms with Crippen molar-refractivity contribution in [2.75, 3.05) is 6.61 Å². The first kappa shape index (κ1) is 12.4. The van der Waals surface area contributed by atoms with E-state index >= 15 is 0 Å². The zero-order valence-electron chi connectivity index (χ0n) is 9.35. The highest BCUT2D eigenvalue weighted by Gasteiger charge is 2.15. The monoisotopic (exact) mass is 220 g/mol. The lowest BCUT2D eigenvalue weighted by atomic mass is 10.0. The zero-order chi connectivity index (χ0) is 12.0. The van der Waals surface area contributed by atoms with Gasteiger partial charge in [-0.15, -0.1) is 6.58 Å². The normalized spacial score (nSPS) is 11.9. The minimum absolute atomic E-state index is 0.144. The first-order valence-electron chi connectivity index (χ1n) is 5.17. The predicted octanol–water partition coefficient (Wildman–Crippen LogP) is 1.57. The number of Topliss-reactive ketones (excluding diaryl/α,β-unsaturated/α-hetero) is 1. The fourth-order valence-corrected chi connectivity index (χ4v) is 1.30. The van der Waals surface area contributed by atoms with E-state index in [1.165, 1.54) is 6.20 Å². The number of nitrogens with two attached hydrogens (primary N) is 1. The molecule has 4 nitrogen and oxygen atoms in total. The van der Waals surface area contributed by atoms with Gasteiger partial charge in [0, 0.05) is 11.8 Å². The van der Waals surface area contributed by atoms with Crippen LogP contribution in [0.4, 0.5) is 0 Å². The quantitative estimate of drug-likeness (QED) is 0.583. The van der Waals surface area contributed by atoms with Crippen LogP contribution in [0.5, 0.6) is 5.75 Å². The Bertz CT molecular complexity index is 377. The Hall–Kier alpha value is -1.68. The van der Waals surface area contributed by atoms with Crippen LogP contribution in [-0.2, 0) is 0 Å². The molecule has 0 amide bonds. The number of ether oxygens (including phenoxy) is 1. The van der Waals surface area contributed by atoms with Crippen LogP contribution in [0.25, 0.3) is 0 Å². The molecule has 1 atom stereocenters. The summed E-state index contributed by atoms with van der Waals surface area (Å²) in [6, 6.07) is 1.10. The maximum atomic E-state index is 11.8. The number of hydrogen-bond donors (Lipinski definition) is 1. The molecule has 2 N–H and O–H groups in total. The van der Waals surface area contributed by atoms with E-state index in [0.717, 1.165) is 0 Å². The van der Waals surface area contributed by atoms with Crippen molar-refractivity contribution in [1.29, 1.82) is 0 Å². The molecule has 0 spiro atoms. The average Bonchev–Trinajstić information content (AvgIpc) is 2.29. The number of aromatic nitrogens is 1. The van der Waals surface area contributed by atoms with E-state index in [2.05, 4.69) is 11.6 Å². The topological polar surface area (TPSA) is 65.2 Å². The van der Waals surface area contributed by atoms with Gasteiger partial charge in [-0.3, -0.25) is 9.78 Å². The summed E-state index contributed by atoms with van der Waals surface area (Å²) in [6.07, 6.45) is 5.15. The molecule has 1 aromatic heterocycles. The van der Waals surface area contributed by atoms with Crippen molar-refractivity contribution in [2.24, 2.45) is 5.73 Å². The maximum Gasteiger partial charge on any atom is 0.181 e. The second-order valence-corrected chi connectivity index (χ2v) is 3.34. The SMILES string of the molecule is C=CCC(N)C(=O)c1cncc(OCC)c1. The number of rotatable bonds is 6. The Morgan fingerprint density at radius 1 is 1.69 bits per heavy atom. The molecule has 0 aliphatic heterocycles. The number of nitrogens with zero attached hydrogens (tertiary/aromatic N) is 1. The van der Waals surface area contributed by atoms with Gasteiger partial charge in [-0.2, -0.15) is 0 Å². The molecule has 16 heavy (non-hydrogen) atoms. The first-order chi connectivity index (χ1) is 7.69. The van der Waals surface area contributed by atoms with E-state index in [1.54, 1.807) is 18.3 Å². The molecule has 0 saturated heterocycles. The Labute approximate surface area is 95.1 Å². The van der Waals surface area contributed by atoms with E-state index < -0.39 is 6.04 Å². The summed E-state index contributed by atoms with van der Waals surface area (Å²) in [4.78, 5) is 15.8. The van der Waals surface area contributed by atoms with Gasteiger partial charge in [0.1, 0.15) is 5.75 Å².